The Morgan fingerprint density at radius 3 is 2.50 bits per heavy atom. The van der Waals surface area contributed by atoms with Crippen molar-refractivity contribution in [3.63, 3.8) is 0 Å². The van der Waals surface area contributed by atoms with Crippen LogP contribution in [-0.2, 0) is 0 Å². The van der Waals surface area contributed by atoms with Gasteiger partial charge in [0, 0.05) is 16.8 Å². The smallest absolute Gasteiger partial charge is 0.0933 e. The van der Waals surface area contributed by atoms with E-state index in [4.69, 9.17) is 22.6 Å². The lowest BCUT2D eigenvalue weighted by atomic mass is 10.1. The maximum atomic E-state index is 8.32. The van der Waals surface area contributed by atoms with Gasteiger partial charge in [-0.2, -0.15) is 5.26 Å². The van der Waals surface area contributed by atoms with Crippen molar-refractivity contribution in [3.05, 3.63) is 40.9 Å². The molecule has 0 bridgehead atoms. The Kier molecular flexibility index (Phi) is 2.73. The summed E-state index contributed by atoms with van der Waals surface area (Å²) in [7, 11) is 0. The normalized spacial score (nSPS) is 10.8. The first-order chi connectivity index (χ1) is 5.74. The van der Waals surface area contributed by atoms with E-state index in [0.29, 0.717) is 10.7 Å². The minimum Gasteiger partial charge on any atom is -0.398 e. The van der Waals surface area contributed by atoms with E-state index in [1.807, 2.05) is 6.07 Å². The van der Waals surface area contributed by atoms with Crippen molar-refractivity contribution in [1.82, 2.24) is 0 Å². The van der Waals surface area contributed by atoms with Crippen molar-refractivity contribution in [2.75, 3.05) is 0 Å². The van der Waals surface area contributed by atoms with Crippen LogP contribution in [0.15, 0.2) is 30.3 Å². The molecule has 2 nitrogen and oxygen atoms in total. The number of nitrogens with zero attached hydrogens (tertiary/aromatic N) is 1. The van der Waals surface area contributed by atoms with E-state index >= 15 is 0 Å². The van der Waals surface area contributed by atoms with Gasteiger partial charge in [0.2, 0.25) is 0 Å². The summed E-state index contributed by atoms with van der Waals surface area (Å²) in [5.74, 6) is 0. The lowest BCUT2D eigenvalue weighted by molar-refractivity contribution is 1.49. The van der Waals surface area contributed by atoms with Crippen molar-refractivity contribution in [1.29, 1.82) is 5.26 Å². The molecule has 0 aromatic heterocycles. The van der Waals surface area contributed by atoms with Gasteiger partial charge >= 0.3 is 0 Å². The van der Waals surface area contributed by atoms with Crippen molar-refractivity contribution in [2.24, 2.45) is 5.73 Å². The monoisotopic (exact) mass is 178 g/mol. The van der Waals surface area contributed by atoms with Crippen molar-refractivity contribution in [3.8, 4) is 6.07 Å². The van der Waals surface area contributed by atoms with Crippen LogP contribution in [0.3, 0.4) is 0 Å². The van der Waals surface area contributed by atoms with E-state index in [1.165, 1.54) is 6.08 Å². The van der Waals surface area contributed by atoms with E-state index in [2.05, 4.69) is 0 Å². The number of hydrogen-bond acceptors (Lipinski definition) is 2. The average Bonchev–Trinajstić information content (AvgIpc) is 2.06. The van der Waals surface area contributed by atoms with Gasteiger partial charge < -0.3 is 5.73 Å². The molecule has 0 spiro atoms. The number of halogens is 1. The molecule has 0 atom stereocenters. The minimum atomic E-state index is 0.453. The first-order valence-corrected chi connectivity index (χ1v) is 3.73. The maximum Gasteiger partial charge on any atom is 0.0933 e. The molecule has 0 aliphatic rings. The summed E-state index contributed by atoms with van der Waals surface area (Å²) in [5.41, 5.74) is 6.81. The molecular weight excluding hydrogens is 172 g/mol. The van der Waals surface area contributed by atoms with E-state index in [0.717, 1.165) is 5.56 Å². The fraction of sp³-hybridized carbons (Fsp3) is 0. The zero-order valence-electron chi connectivity index (χ0n) is 6.29. The van der Waals surface area contributed by atoms with Crippen LogP contribution in [0.1, 0.15) is 5.56 Å². The lowest BCUT2D eigenvalue weighted by Crippen LogP contribution is -1.94. The molecule has 0 radical (unpaired) electrons. The van der Waals surface area contributed by atoms with E-state index in [1.54, 1.807) is 24.3 Å². The Hall–Kier alpha value is -1.46. The number of hydrogen-bond donors (Lipinski definition) is 1. The summed E-state index contributed by atoms with van der Waals surface area (Å²) < 4.78 is 0. The molecule has 0 amide bonds. The second kappa shape index (κ2) is 3.80. The van der Waals surface area contributed by atoms with Crippen molar-refractivity contribution >= 4 is 17.3 Å². The van der Waals surface area contributed by atoms with E-state index in [-0.39, 0.29) is 0 Å². The molecule has 0 saturated carbocycles. The average molecular weight is 179 g/mol. The SMILES string of the molecule is N#CC=C(N)c1ccc(Cl)cc1. The highest BCUT2D eigenvalue weighted by Crippen LogP contribution is 2.13. The quantitative estimate of drug-likeness (QED) is 0.670. The van der Waals surface area contributed by atoms with Crippen LogP contribution in [0.5, 0.6) is 0 Å². The molecule has 1 aromatic carbocycles. The molecule has 0 aliphatic carbocycles. The fourth-order valence-electron chi connectivity index (χ4n) is 0.795. The molecule has 0 unspecified atom stereocenters. The van der Waals surface area contributed by atoms with Crippen LogP contribution in [-0.4, -0.2) is 0 Å². The largest absolute Gasteiger partial charge is 0.398 e. The zero-order chi connectivity index (χ0) is 8.97. The van der Waals surface area contributed by atoms with Gasteiger partial charge in [-0.25, -0.2) is 0 Å². The molecule has 12 heavy (non-hydrogen) atoms. The topological polar surface area (TPSA) is 49.8 Å². The van der Waals surface area contributed by atoms with Crippen LogP contribution in [0.4, 0.5) is 0 Å². The van der Waals surface area contributed by atoms with Gasteiger partial charge in [0.25, 0.3) is 0 Å². The fourth-order valence-corrected chi connectivity index (χ4v) is 0.921. The molecule has 0 fully saturated rings. The van der Waals surface area contributed by atoms with Crippen LogP contribution in [0, 0.1) is 11.3 Å². The van der Waals surface area contributed by atoms with Gasteiger partial charge in [0.05, 0.1) is 6.07 Å². The Bertz CT molecular complexity index is 333. The molecule has 1 aromatic rings. The summed E-state index contributed by atoms with van der Waals surface area (Å²) in [6.45, 7) is 0. The molecule has 0 heterocycles. The molecule has 60 valence electrons. The van der Waals surface area contributed by atoms with Gasteiger partial charge in [0.1, 0.15) is 0 Å². The van der Waals surface area contributed by atoms with Gasteiger partial charge in [-0.3, -0.25) is 0 Å². The minimum absolute atomic E-state index is 0.453. The Morgan fingerprint density at radius 1 is 1.42 bits per heavy atom. The molecule has 2 N–H and O–H groups in total. The highest BCUT2D eigenvalue weighted by atomic mass is 35.5. The van der Waals surface area contributed by atoms with Crippen LogP contribution in [0.25, 0.3) is 5.70 Å². The summed E-state index contributed by atoms with van der Waals surface area (Å²) >= 11 is 5.67. The van der Waals surface area contributed by atoms with Gasteiger partial charge in [-0.1, -0.05) is 23.7 Å². The number of nitrogens with two attached hydrogens (primary N) is 1. The van der Waals surface area contributed by atoms with Crippen LogP contribution in [0.2, 0.25) is 5.02 Å². The van der Waals surface area contributed by atoms with E-state index in [9.17, 15) is 0 Å². The second-order valence-corrected chi connectivity index (χ2v) is 2.67. The first-order valence-electron chi connectivity index (χ1n) is 3.35. The molecule has 1 rings (SSSR count). The Morgan fingerprint density at radius 2 is 2.00 bits per heavy atom. The lowest BCUT2D eigenvalue weighted by Gasteiger charge is -1.98. The molecule has 0 aliphatic heterocycles. The van der Waals surface area contributed by atoms with Crippen LogP contribution >= 0.6 is 11.6 Å². The Balaban J connectivity index is 2.99. The molecule has 0 saturated heterocycles. The second-order valence-electron chi connectivity index (χ2n) is 2.24. The molecule has 3 heteroatoms. The van der Waals surface area contributed by atoms with Crippen LogP contribution < -0.4 is 5.73 Å². The molecular formula is C9H7ClN2. The highest BCUT2D eigenvalue weighted by molar-refractivity contribution is 6.30. The zero-order valence-corrected chi connectivity index (χ0v) is 7.05. The predicted octanol–water partition coefficient (Wildman–Crippen LogP) is 2.16. The highest BCUT2D eigenvalue weighted by Gasteiger charge is 1.94. The standard InChI is InChI=1S/C9H7ClN2/c10-8-3-1-7(2-4-8)9(12)5-6-11/h1-5H,12H2. The van der Waals surface area contributed by atoms with Crippen molar-refractivity contribution < 1.29 is 0 Å². The van der Waals surface area contributed by atoms with Gasteiger partial charge in [-0.15, -0.1) is 0 Å². The predicted molar refractivity (Wildman–Crippen MR) is 49.2 cm³/mol. The van der Waals surface area contributed by atoms with Gasteiger partial charge in [0.15, 0.2) is 0 Å². The number of nitriles is 1. The third-order valence-corrected chi connectivity index (χ3v) is 1.65. The number of benzene rings is 1. The first kappa shape index (κ1) is 8.63. The summed E-state index contributed by atoms with van der Waals surface area (Å²) in [6.07, 6.45) is 1.29. The Labute approximate surface area is 75.9 Å². The third-order valence-electron chi connectivity index (χ3n) is 1.40. The summed E-state index contributed by atoms with van der Waals surface area (Å²) in [4.78, 5) is 0. The van der Waals surface area contributed by atoms with E-state index < -0.39 is 0 Å². The number of allylic oxidation sites excluding steroid dienone is 1. The third kappa shape index (κ3) is 2.01. The van der Waals surface area contributed by atoms with Crippen molar-refractivity contribution in [2.45, 2.75) is 0 Å². The van der Waals surface area contributed by atoms with Gasteiger partial charge in [-0.05, 0) is 17.7 Å². The summed E-state index contributed by atoms with van der Waals surface area (Å²) in [5, 5.41) is 8.98. The number of rotatable bonds is 1. The maximum absolute atomic E-state index is 8.32. The summed E-state index contributed by atoms with van der Waals surface area (Å²) in [6, 6.07) is 8.86.